The molecule has 2 aromatic rings. The van der Waals surface area contributed by atoms with Crippen LogP contribution in [0.25, 0.3) is 5.69 Å². The smallest absolute Gasteiger partial charge is 0.128 e. The summed E-state index contributed by atoms with van der Waals surface area (Å²) in [6.45, 7) is 4.94. The molecule has 78 valence electrons. The van der Waals surface area contributed by atoms with Crippen LogP contribution in [-0.2, 0) is 0 Å². The highest BCUT2D eigenvalue weighted by Gasteiger charge is 1.99. The van der Waals surface area contributed by atoms with Gasteiger partial charge in [0.15, 0.2) is 0 Å². The predicted octanol–water partition coefficient (Wildman–Crippen LogP) is 2.01. The van der Waals surface area contributed by atoms with E-state index in [-0.39, 0.29) is 0 Å². The van der Waals surface area contributed by atoms with Gasteiger partial charge in [0.25, 0.3) is 0 Å². The molecule has 0 bridgehead atoms. The van der Waals surface area contributed by atoms with Crippen LogP contribution in [0.3, 0.4) is 0 Å². The number of anilines is 1. The Morgan fingerprint density at radius 1 is 1.47 bits per heavy atom. The first-order chi connectivity index (χ1) is 7.29. The summed E-state index contributed by atoms with van der Waals surface area (Å²) in [6.07, 6.45) is 5.61. The summed E-state index contributed by atoms with van der Waals surface area (Å²) in [5.41, 5.74) is 2.17. The number of pyridine rings is 1. The molecule has 0 amide bonds. The number of nitrogens with zero attached hydrogens (tertiary/aromatic N) is 3. The third kappa shape index (κ3) is 2.15. The summed E-state index contributed by atoms with van der Waals surface area (Å²) in [5.74, 6) is 0.878. The van der Waals surface area contributed by atoms with Crippen molar-refractivity contribution in [2.45, 2.75) is 13.8 Å². The summed E-state index contributed by atoms with van der Waals surface area (Å²) in [6, 6.07) is 3.92. The van der Waals surface area contributed by atoms with E-state index in [0.29, 0.717) is 0 Å². The van der Waals surface area contributed by atoms with Crippen LogP contribution in [0.4, 0.5) is 5.82 Å². The molecule has 2 aromatic heterocycles. The molecule has 0 saturated heterocycles. The standard InChI is InChI=1S/C11H14N4/c1-3-12-11-6-10(4-5-13-11)15-8-9(2)7-14-15/h4-8H,3H2,1-2H3,(H,12,13). The van der Waals surface area contributed by atoms with Crippen molar-refractivity contribution in [3.63, 3.8) is 0 Å². The molecule has 0 spiro atoms. The fraction of sp³-hybridized carbons (Fsp3) is 0.273. The maximum Gasteiger partial charge on any atom is 0.128 e. The van der Waals surface area contributed by atoms with Crippen LogP contribution in [0.1, 0.15) is 12.5 Å². The van der Waals surface area contributed by atoms with Crippen LogP contribution in [0, 0.1) is 6.92 Å². The Labute approximate surface area is 89.0 Å². The van der Waals surface area contributed by atoms with Gasteiger partial charge >= 0.3 is 0 Å². The summed E-state index contributed by atoms with van der Waals surface area (Å²) in [5, 5.41) is 7.42. The summed E-state index contributed by atoms with van der Waals surface area (Å²) in [7, 11) is 0. The minimum Gasteiger partial charge on any atom is -0.370 e. The highest BCUT2D eigenvalue weighted by atomic mass is 15.3. The number of aromatic nitrogens is 3. The zero-order valence-corrected chi connectivity index (χ0v) is 8.94. The van der Waals surface area contributed by atoms with E-state index >= 15 is 0 Å². The maximum atomic E-state index is 4.25. The van der Waals surface area contributed by atoms with E-state index in [1.807, 2.05) is 43.1 Å². The van der Waals surface area contributed by atoms with Crippen LogP contribution >= 0.6 is 0 Å². The first-order valence-electron chi connectivity index (χ1n) is 5.01. The lowest BCUT2D eigenvalue weighted by Crippen LogP contribution is -2.01. The number of nitrogens with one attached hydrogen (secondary N) is 1. The Morgan fingerprint density at radius 3 is 3.00 bits per heavy atom. The first kappa shape index (κ1) is 9.71. The number of rotatable bonds is 3. The van der Waals surface area contributed by atoms with Gasteiger partial charge in [0.1, 0.15) is 5.82 Å². The van der Waals surface area contributed by atoms with E-state index in [2.05, 4.69) is 15.4 Å². The number of hydrogen-bond acceptors (Lipinski definition) is 3. The number of aryl methyl sites for hydroxylation is 1. The van der Waals surface area contributed by atoms with Crippen LogP contribution in [0.2, 0.25) is 0 Å². The molecular formula is C11H14N4. The van der Waals surface area contributed by atoms with Crippen molar-refractivity contribution in [1.82, 2.24) is 14.8 Å². The lowest BCUT2D eigenvalue weighted by Gasteiger charge is -2.04. The van der Waals surface area contributed by atoms with Crippen molar-refractivity contribution in [3.8, 4) is 5.69 Å². The molecule has 0 aliphatic heterocycles. The maximum absolute atomic E-state index is 4.25. The second-order valence-corrected chi connectivity index (χ2v) is 3.39. The molecule has 4 heteroatoms. The first-order valence-corrected chi connectivity index (χ1v) is 5.01. The van der Waals surface area contributed by atoms with Gasteiger partial charge in [-0.3, -0.25) is 0 Å². The highest BCUT2D eigenvalue weighted by Crippen LogP contribution is 2.11. The zero-order valence-electron chi connectivity index (χ0n) is 8.94. The molecule has 0 saturated carbocycles. The van der Waals surface area contributed by atoms with Gasteiger partial charge in [-0.1, -0.05) is 0 Å². The van der Waals surface area contributed by atoms with Gasteiger partial charge < -0.3 is 5.32 Å². The zero-order chi connectivity index (χ0) is 10.7. The average molecular weight is 202 g/mol. The normalized spacial score (nSPS) is 10.3. The molecule has 0 radical (unpaired) electrons. The number of hydrogen-bond donors (Lipinski definition) is 1. The van der Waals surface area contributed by atoms with Gasteiger partial charge in [0.05, 0.1) is 11.9 Å². The molecule has 2 heterocycles. The van der Waals surface area contributed by atoms with Gasteiger partial charge in [-0.2, -0.15) is 5.10 Å². The van der Waals surface area contributed by atoms with Gasteiger partial charge in [-0.05, 0) is 25.5 Å². The van der Waals surface area contributed by atoms with E-state index in [1.165, 1.54) is 0 Å². The van der Waals surface area contributed by atoms with E-state index < -0.39 is 0 Å². The molecule has 15 heavy (non-hydrogen) atoms. The van der Waals surface area contributed by atoms with Crippen molar-refractivity contribution < 1.29 is 0 Å². The third-order valence-corrected chi connectivity index (χ3v) is 2.08. The fourth-order valence-electron chi connectivity index (χ4n) is 1.39. The Hall–Kier alpha value is -1.84. The van der Waals surface area contributed by atoms with Crippen molar-refractivity contribution in [1.29, 1.82) is 0 Å². The van der Waals surface area contributed by atoms with Crippen molar-refractivity contribution in [2.24, 2.45) is 0 Å². The lowest BCUT2D eigenvalue weighted by atomic mass is 10.4. The molecule has 0 fully saturated rings. The fourth-order valence-corrected chi connectivity index (χ4v) is 1.39. The lowest BCUT2D eigenvalue weighted by molar-refractivity contribution is 0.877. The monoisotopic (exact) mass is 202 g/mol. The van der Waals surface area contributed by atoms with E-state index in [0.717, 1.165) is 23.6 Å². The molecular weight excluding hydrogens is 188 g/mol. The molecule has 0 unspecified atom stereocenters. The Kier molecular flexibility index (Phi) is 2.67. The average Bonchev–Trinajstić information content (AvgIpc) is 2.66. The Bertz CT molecular complexity index is 447. The molecule has 2 rings (SSSR count). The molecule has 0 atom stereocenters. The van der Waals surface area contributed by atoms with Crippen molar-refractivity contribution in [3.05, 3.63) is 36.3 Å². The summed E-state index contributed by atoms with van der Waals surface area (Å²) >= 11 is 0. The minimum absolute atomic E-state index is 0.870. The van der Waals surface area contributed by atoms with E-state index in [1.54, 1.807) is 6.20 Å². The summed E-state index contributed by atoms with van der Waals surface area (Å²) < 4.78 is 1.85. The van der Waals surface area contributed by atoms with Crippen LogP contribution in [0.5, 0.6) is 0 Å². The van der Waals surface area contributed by atoms with Gasteiger partial charge in [0, 0.05) is 25.0 Å². The van der Waals surface area contributed by atoms with Gasteiger partial charge in [0.2, 0.25) is 0 Å². The van der Waals surface area contributed by atoms with E-state index in [4.69, 9.17) is 0 Å². The topological polar surface area (TPSA) is 42.7 Å². The van der Waals surface area contributed by atoms with Crippen molar-refractivity contribution in [2.75, 3.05) is 11.9 Å². The third-order valence-electron chi connectivity index (χ3n) is 2.08. The second-order valence-electron chi connectivity index (χ2n) is 3.39. The Morgan fingerprint density at radius 2 is 2.33 bits per heavy atom. The van der Waals surface area contributed by atoms with Gasteiger partial charge in [-0.25, -0.2) is 9.67 Å². The molecule has 0 aliphatic carbocycles. The van der Waals surface area contributed by atoms with Gasteiger partial charge in [-0.15, -0.1) is 0 Å². The SMILES string of the molecule is CCNc1cc(-n2cc(C)cn2)ccn1. The van der Waals surface area contributed by atoms with Crippen LogP contribution in [-0.4, -0.2) is 21.3 Å². The second kappa shape index (κ2) is 4.13. The van der Waals surface area contributed by atoms with Crippen LogP contribution in [0.15, 0.2) is 30.7 Å². The summed E-state index contributed by atoms with van der Waals surface area (Å²) in [4.78, 5) is 4.21. The Balaban J connectivity index is 2.32. The predicted molar refractivity (Wildman–Crippen MR) is 60.3 cm³/mol. The minimum atomic E-state index is 0.870. The van der Waals surface area contributed by atoms with Crippen LogP contribution < -0.4 is 5.32 Å². The largest absolute Gasteiger partial charge is 0.370 e. The quantitative estimate of drug-likeness (QED) is 0.827. The van der Waals surface area contributed by atoms with Crippen molar-refractivity contribution >= 4 is 5.82 Å². The highest BCUT2D eigenvalue weighted by molar-refractivity contribution is 5.44. The molecule has 0 aromatic carbocycles. The molecule has 1 N–H and O–H groups in total. The molecule has 4 nitrogen and oxygen atoms in total. The van der Waals surface area contributed by atoms with E-state index in [9.17, 15) is 0 Å². The molecule has 0 aliphatic rings.